The number of ether oxygens (including phenoxy) is 1. The van der Waals surface area contributed by atoms with Gasteiger partial charge in [0.05, 0.1) is 7.11 Å². The first-order valence-corrected chi connectivity index (χ1v) is 11.2. The Labute approximate surface area is 182 Å². The molecule has 158 valence electrons. The molecule has 5 nitrogen and oxygen atoms in total. The normalized spacial score (nSPS) is 23.1. The summed E-state index contributed by atoms with van der Waals surface area (Å²) in [7, 11) is 4.00. The van der Waals surface area contributed by atoms with Gasteiger partial charge in [0, 0.05) is 60.1 Å². The van der Waals surface area contributed by atoms with Gasteiger partial charge in [-0.3, -0.25) is 0 Å². The number of piperidine rings is 1. The third-order valence-corrected chi connectivity index (χ3v) is 7.33. The molecule has 1 aliphatic carbocycles. The molecule has 2 aromatic heterocycles. The number of H-pyrrole nitrogens is 1. The molecule has 1 fully saturated rings. The SMILES string of the molecule is COc1ccc(-c2nccn2C[C@@H]2CC3c4cccc5[nH]cc(c45)C[C@H]3N(C)C2)cc1. The van der Waals surface area contributed by atoms with Crippen molar-refractivity contribution in [2.24, 2.45) is 5.92 Å². The van der Waals surface area contributed by atoms with Crippen LogP contribution in [0.2, 0.25) is 0 Å². The number of rotatable bonds is 4. The van der Waals surface area contributed by atoms with E-state index in [-0.39, 0.29) is 0 Å². The predicted molar refractivity (Wildman–Crippen MR) is 123 cm³/mol. The third-order valence-electron chi connectivity index (χ3n) is 7.33. The maximum atomic E-state index is 5.31. The second-order valence-electron chi connectivity index (χ2n) is 9.13. The second-order valence-corrected chi connectivity index (χ2v) is 9.13. The molecule has 0 bridgehead atoms. The van der Waals surface area contributed by atoms with Crippen molar-refractivity contribution in [3.8, 4) is 17.1 Å². The summed E-state index contributed by atoms with van der Waals surface area (Å²) in [6.45, 7) is 2.11. The first kappa shape index (κ1) is 18.7. The molecule has 1 saturated heterocycles. The molecular formula is C26H28N4O. The number of benzene rings is 2. The lowest BCUT2D eigenvalue weighted by Crippen LogP contribution is -2.48. The van der Waals surface area contributed by atoms with Gasteiger partial charge in [-0.2, -0.15) is 0 Å². The van der Waals surface area contributed by atoms with Crippen LogP contribution >= 0.6 is 0 Å². The number of imidazole rings is 1. The number of fused-ring (bicyclic) bond motifs is 2. The number of nitrogens with zero attached hydrogens (tertiary/aromatic N) is 3. The van der Waals surface area contributed by atoms with Crippen LogP contribution in [0.25, 0.3) is 22.3 Å². The molecule has 31 heavy (non-hydrogen) atoms. The van der Waals surface area contributed by atoms with Crippen LogP contribution in [0.5, 0.6) is 5.75 Å². The molecule has 1 N–H and O–H groups in total. The highest BCUT2D eigenvalue weighted by atomic mass is 16.5. The zero-order valence-corrected chi connectivity index (χ0v) is 18.1. The zero-order chi connectivity index (χ0) is 20.9. The number of hydrogen-bond acceptors (Lipinski definition) is 3. The molecule has 3 heterocycles. The van der Waals surface area contributed by atoms with Crippen molar-refractivity contribution in [2.45, 2.75) is 31.3 Å². The number of methoxy groups -OCH3 is 1. The molecule has 1 unspecified atom stereocenters. The van der Waals surface area contributed by atoms with E-state index in [1.807, 2.05) is 18.3 Å². The molecule has 2 aromatic carbocycles. The van der Waals surface area contributed by atoms with Crippen molar-refractivity contribution >= 4 is 10.9 Å². The van der Waals surface area contributed by atoms with Crippen molar-refractivity contribution in [3.63, 3.8) is 0 Å². The molecule has 0 amide bonds. The van der Waals surface area contributed by atoms with Crippen LogP contribution < -0.4 is 4.74 Å². The van der Waals surface area contributed by atoms with Gasteiger partial charge in [-0.15, -0.1) is 0 Å². The number of hydrogen-bond donors (Lipinski definition) is 1. The summed E-state index contributed by atoms with van der Waals surface area (Å²) in [6.07, 6.45) is 8.63. The van der Waals surface area contributed by atoms with Crippen molar-refractivity contribution in [1.29, 1.82) is 0 Å². The maximum absolute atomic E-state index is 5.31. The number of likely N-dealkylation sites (N-methyl/N-ethyl adjacent to an activating group) is 1. The van der Waals surface area contributed by atoms with E-state index in [2.05, 4.69) is 69.2 Å². The minimum atomic E-state index is 0.587. The fourth-order valence-corrected chi connectivity index (χ4v) is 5.92. The fourth-order valence-electron chi connectivity index (χ4n) is 5.92. The van der Waals surface area contributed by atoms with Gasteiger partial charge >= 0.3 is 0 Å². The highest BCUT2D eigenvalue weighted by Gasteiger charge is 2.39. The zero-order valence-electron chi connectivity index (χ0n) is 18.1. The van der Waals surface area contributed by atoms with Crippen LogP contribution in [0, 0.1) is 5.92 Å². The standard InChI is InChI=1S/C26H28N4O/c1-29-15-17(16-30-11-10-27-26(30)18-6-8-20(31-2)9-7-18)12-22-21-4-3-5-23-25(21)19(14-28-23)13-24(22)29/h3-11,14,17,22,24,28H,12-13,15-16H2,1-2H3/t17-,22?,24-/m1/s1. The van der Waals surface area contributed by atoms with Crippen LogP contribution in [-0.2, 0) is 13.0 Å². The lowest BCUT2D eigenvalue weighted by Gasteiger charge is -2.45. The summed E-state index contributed by atoms with van der Waals surface area (Å²) >= 11 is 0. The molecular weight excluding hydrogens is 384 g/mol. The lowest BCUT2D eigenvalue weighted by molar-refractivity contribution is 0.104. The molecule has 3 atom stereocenters. The summed E-state index contributed by atoms with van der Waals surface area (Å²) in [5.41, 5.74) is 5.43. The molecule has 0 radical (unpaired) electrons. The Morgan fingerprint density at radius 2 is 2.03 bits per heavy atom. The Bertz CT molecular complexity index is 1220. The van der Waals surface area contributed by atoms with E-state index < -0.39 is 0 Å². The van der Waals surface area contributed by atoms with E-state index in [1.165, 1.54) is 28.5 Å². The predicted octanol–water partition coefficient (Wildman–Crippen LogP) is 4.70. The average molecular weight is 413 g/mol. The van der Waals surface area contributed by atoms with Crippen LogP contribution in [0.3, 0.4) is 0 Å². The van der Waals surface area contributed by atoms with Crippen molar-refractivity contribution in [1.82, 2.24) is 19.4 Å². The minimum absolute atomic E-state index is 0.587. The molecule has 6 rings (SSSR count). The Hall–Kier alpha value is -3.05. The van der Waals surface area contributed by atoms with Gasteiger partial charge in [0.15, 0.2) is 0 Å². The Balaban J connectivity index is 1.28. The number of likely N-dealkylation sites (tertiary alicyclic amines) is 1. The smallest absolute Gasteiger partial charge is 0.139 e. The Morgan fingerprint density at radius 3 is 2.87 bits per heavy atom. The topological polar surface area (TPSA) is 46.1 Å². The van der Waals surface area contributed by atoms with Gasteiger partial charge in [-0.05, 0) is 67.3 Å². The maximum Gasteiger partial charge on any atom is 0.139 e. The van der Waals surface area contributed by atoms with Crippen LogP contribution in [0.1, 0.15) is 23.5 Å². The summed E-state index contributed by atoms with van der Waals surface area (Å²) in [4.78, 5) is 10.7. The highest BCUT2D eigenvalue weighted by Crippen LogP contribution is 2.44. The lowest BCUT2D eigenvalue weighted by atomic mass is 9.72. The van der Waals surface area contributed by atoms with E-state index in [9.17, 15) is 0 Å². The number of aromatic nitrogens is 3. The number of aromatic amines is 1. The van der Waals surface area contributed by atoms with E-state index in [0.717, 1.165) is 36.6 Å². The molecule has 4 aromatic rings. The van der Waals surface area contributed by atoms with Crippen molar-refractivity contribution in [3.05, 3.63) is 72.2 Å². The van der Waals surface area contributed by atoms with Gasteiger partial charge in [0.2, 0.25) is 0 Å². The van der Waals surface area contributed by atoms with Gasteiger partial charge < -0.3 is 19.2 Å². The number of nitrogens with one attached hydrogen (secondary N) is 1. The van der Waals surface area contributed by atoms with Crippen LogP contribution in [-0.4, -0.2) is 46.2 Å². The summed E-state index contributed by atoms with van der Waals surface area (Å²) in [5, 5.41) is 1.47. The Morgan fingerprint density at radius 1 is 1.16 bits per heavy atom. The van der Waals surface area contributed by atoms with E-state index in [4.69, 9.17) is 4.74 Å². The summed E-state index contributed by atoms with van der Waals surface area (Å²) in [5.74, 6) is 3.08. The third kappa shape index (κ3) is 3.07. The monoisotopic (exact) mass is 412 g/mol. The van der Waals surface area contributed by atoms with E-state index >= 15 is 0 Å². The van der Waals surface area contributed by atoms with Gasteiger partial charge in [-0.25, -0.2) is 4.98 Å². The van der Waals surface area contributed by atoms with Crippen LogP contribution in [0.4, 0.5) is 0 Å². The summed E-state index contributed by atoms with van der Waals surface area (Å²) < 4.78 is 7.63. The first-order valence-electron chi connectivity index (χ1n) is 11.2. The van der Waals surface area contributed by atoms with Crippen molar-refractivity contribution in [2.75, 3.05) is 20.7 Å². The second kappa shape index (κ2) is 7.27. The first-order chi connectivity index (χ1) is 15.2. The largest absolute Gasteiger partial charge is 0.497 e. The van der Waals surface area contributed by atoms with Gasteiger partial charge in [-0.1, -0.05) is 12.1 Å². The Kier molecular flexibility index (Phi) is 4.39. The highest BCUT2D eigenvalue weighted by molar-refractivity contribution is 5.88. The fraction of sp³-hybridized carbons (Fsp3) is 0.346. The quantitative estimate of drug-likeness (QED) is 0.528. The molecule has 0 saturated carbocycles. The molecule has 1 aliphatic heterocycles. The molecule has 0 spiro atoms. The molecule has 5 heteroatoms. The molecule has 2 aliphatic rings. The van der Waals surface area contributed by atoms with Gasteiger partial charge in [0.1, 0.15) is 11.6 Å². The minimum Gasteiger partial charge on any atom is -0.497 e. The van der Waals surface area contributed by atoms with Crippen LogP contribution in [0.15, 0.2) is 61.1 Å². The van der Waals surface area contributed by atoms with E-state index in [1.54, 1.807) is 7.11 Å². The van der Waals surface area contributed by atoms with Crippen molar-refractivity contribution < 1.29 is 4.74 Å². The average Bonchev–Trinajstić information content (AvgIpc) is 3.43. The summed E-state index contributed by atoms with van der Waals surface area (Å²) in [6, 6.07) is 15.6. The van der Waals surface area contributed by atoms with E-state index in [0.29, 0.717) is 17.9 Å². The van der Waals surface area contributed by atoms with Gasteiger partial charge in [0.25, 0.3) is 0 Å².